The number of carbonyl (C=O) groups excluding carboxylic acids is 1. The average molecular weight is 219 g/mol. The van der Waals surface area contributed by atoms with Crippen LogP contribution in [0.15, 0.2) is 24.5 Å². The van der Waals surface area contributed by atoms with Gasteiger partial charge in [0.15, 0.2) is 0 Å². The average Bonchev–Trinajstić information content (AvgIpc) is 2.30. The van der Waals surface area contributed by atoms with Gasteiger partial charge < -0.3 is 4.74 Å². The number of aromatic nitrogens is 1. The number of pyridine rings is 1. The molecule has 0 aliphatic heterocycles. The summed E-state index contributed by atoms with van der Waals surface area (Å²) >= 11 is 0. The second-order valence-corrected chi connectivity index (χ2v) is 4.36. The van der Waals surface area contributed by atoms with Crippen LogP contribution in [0, 0.1) is 0 Å². The Kier molecular flexibility index (Phi) is 3.54. The Morgan fingerprint density at radius 3 is 2.44 bits per heavy atom. The summed E-state index contributed by atoms with van der Waals surface area (Å²) < 4.78 is 5.22. The van der Waals surface area contributed by atoms with E-state index in [0.29, 0.717) is 5.92 Å². The Hall–Kier alpha value is -1.38. The highest BCUT2D eigenvalue weighted by Crippen LogP contribution is 2.33. The van der Waals surface area contributed by atoms with Gasteiger partial charge in [-0.1, -0.05) is 0 Å². The number of carbonyl (C=O) groups is 1. The number of nitrogens with zero attached hydrogens (tertiary/aromatic N) is 1. The Bertz CT molecular complexity index is 342. The van der Waals surface area contributed by atoms with Crippen molar-refractivity contribution in [2.75, 3.05) is 0 Å². The van der Waals surface area contributed by atoms with Crippen molar-refractivity contribution in [3.8, 4) is 0 Å². The van der Waals surface area contributed by atoms with Crippen LogP contribution in [0.3, 0.4) is 0 Å². The van der Waals surface area contributed by atoms with Gasteiger partial charge in [0.2, 0.25) is 0 Å². The predicted molar refractivity (Wildman–Crippen MR) is 61.0 cm³/mol. The maximum Gasteiger partial charge on any atom is 0.302 e. The molecule has 1 fully saturated rings. The van der Waals surface area contributed by atoms with Crippen LogP contribution in [0.4, 0.5) is 0 Å². The summed E-state index contributed by atoms with van der Waals surface area (Å²) in [6.07, 6.45) is 7.97. The molecule has 1 saturated carbocycles. The second-order valence-electron chi connectivity index (χ2n) is 4.36. The van der Waals surface area contributed by atoms with Crippen molar-refractivity contribution in [3.05, 3.63) is 30.1 Å². The zero-order valence-corrected chi connectivity index (χ0v) is 9.56. The molecule has 0 atom stereocenters. The zero-order valence-electron chi connectivity index (χ0n) is 9.56. The topological polar surface area (TPSA) is 39.2 Å². The van der Waals surface area contributed by atoms with Gasteiger partial charge in [0.1, 0.15) is 6.10 Å². The fraction of sp³-hybridized carbons (Fsp3) is 0.538. The Labute approximate surface area is 95.8 Å². The summed E-state index contributed by atoms with van der Waals surface area (Å²) in [5, 5.41) is 0. The van der Waals surface area contributed by atoms with Crippen molar-refractivity contribution >= 4 is 5.97 Å². The summed E-state index contributed by atoms with van der Waals surface area (Å²) in [5.41, 5.74) is 1.36. The molecular weight excluding hydrogens is 202 g/mol. The predicted octanol–water partition coefficient (Wildman–Crippen LogP) is 2.67. The summed E-state index contributed by atoms with van der Waals surface area (Å²) in [4.78, 5) is 14.9. The van der Waals surface area contributed by atoms with Crippen LogP contribution >= 0.6 is 0 Å². The van der Waals surface area contributed by atoms with Crippen LogP contribution < -0.4 is 0 Å². The molecule has 0 amide bonds. The second kappa shape index (κ2) is 5.10. The van der Waals surface area contributed by atoms with E-state index in [0.717, 1.165) is 25.7 Å². The minimum Gasteiger partial charge on any atom is -0.463 e. The molecule has 86 valence electrons. The van der Waals surface area contributed by atoms with Gasteiger partial charge in [-0.15, -0.1) is 0 Å². The smallest absolute Gasteiger partial charge is 0.302 e. The van der Waals surface area contributed by atoms with Crippen LogP contribution in [-0.4, -0.2) is 17.1 Å². The number of hydrogen-bond acceptors (Lipinski definition) is 3. The van der Waals surface area contributed by atoms with Gasteiger partial charge >= 0.3 is 5.97 Å². The number of rotatable bonds is 2. The first-order chi connectivity index (χ1) is 7.75. The Balaban J connectivity index is 1.88. The molecule has 0 spiro atoms. The van der Waals surface area contributed by atoms with Crippen molar-refractivity contribution in [1.29, 1.82) is 0 Å². The molecule has 1 aliphatic rings. The zero-order chi connectivity index (χ0) is 11.4. The molecule has 0 N–H and O–H groups in total. The molecular formula is C13H17NO2. The van der Waals surface area contributed by atoms with E-state index in [-0.39, 0.29) is 12.1 Å². The third kappa shape index (κ3) is 2.81. The van der Waals surface area contributed by atoms with Gasteiger partial charge in [0, 0.05) is 19.3 Å². The molecule has 2 rings (SSSR count). The van der Waals surface area contributed by atoms with E-state index >= 15 is 0 Å². The molecule has 1 aromatic rings. The van der Waals surface area contributed by atoms with E-state index in [1.165, 1.54) is 12.5 Å². The lowest BCUT2D eigenvalue weighted by atomic mass is 9.83. The van der Waals surface area contributed by atoms with Crippen LogP contribution in [0.25, 0.3) is 0 Å². The van der Waals surface area contributed by atoms with Gasteiger partial charge in [-0.2, -0.15) is 0 Å². The lowest BCUT2D eigenvalue weighted by Gasteiger charge is -2.28. The molecule has 3 heteroatoms. The van der Waals surface area contributed by atoms with Crippen molar-refractivity contribution in [2.45, 2.75) is 44.6 Å². The van der Waals surface area contributed by atoms with Gasteiger partial charge in [0.05, 0.1) is 0 Å². The summed E-state index contributed by atoms with van der Waals surface area (Å²) in [7, 11) is 0. The Morgan fingerprint density at radius 2 is 1.88 bits per heavy atom. The number of esters is 1. The molecule has 16 heavy (non-hydrogen) atoms. The molecule has 0 aromatic carbocycles. The normalized spacial score (nSPS) is 25.1. The largest absolute Gasteiger partial charge is 0.463 e. The fourth-order valence-electron chi connectivity index (χ4n) is 2.38. The lowest BCUT2D eigenvalue weighted by Crippen LogP contribution is -2.22. The first-order valence-electron chi connectivity index (χ1n) is 5.83. The summed E-state index contributed by atoms with van der Waals surface area (Å²) in [6, 6.07) is 4.16. The molecule has 1 heterocycles. The SMILES string of the molecule is CC(=O)OC1CCC(c2ccncc2)CC1. The highest BCUT2D eigenvalue weighted by molar-refractivity contribution is 5.66. The van der Waals surface area contributed by atoms with Gasteiger partial charge in [-0.05, 0) is 49.3 Å². The maximum atomic E-state index is 10.8. The van der Waals surface area contributed by atoms with E-state index in [2.05, 4.69) is 17.1 Å². The summed E-state index contributed by atoms with van der Waals surface area (Å²) in [6.45, 7) is 1.48. The van der Waals surface area contributed by atoms with Crippen molar-refractivity contribution in [2.24, 2.45) is 0 Å². The minimum absolute atomic E-state index is 0.135. The molecule has 1 aliphatic carbocycles. The highest BCUT2D eigenvalue weighted by atomic mass is 16.5. The van der Waals surface area contributed by atoms with E-state index < -0.39 is 0 Å². The fourth-order valence-corrected chi connectivity index (χ4v) is 2.38. The van der Waals surface area contributed by atoms with Crippen LogP contribution in [0.2, 0.25) is 0 Å². The van der Waals surface area contributed by atoms with Gasteiger partial charge in [-0.3, -0.25) is 9.78 Å². The number of ether oxygens (including phenoxy) is 1. The standard InChI is InChI=1S/C13H17NO2/c1-10(15)16-13-4-2-11(3-5-13)12-6-8-14-9-7-12/h6-9,11,13H,2-5H2,1H3. The molecule has 0 saturated heterocycles. The summed E-state index contributed by atoms with van der Waals surface area (Å²) in [5.74, 6) is 0.446. The lowest BCUT2D eigenvalue weighted by molar-refractivity contribution is -0.147. The third-order valence-corrected chi connectivity index (χ3v) is 3.18. The third-order valence-electron chi connectivity index (χ3n) is 3.18. The highest BCUT2D eigenvalue weighted by Gasteiger charge is 2.23. The van der Waals surface area contributed by atoms with Crippen molar-refractivity contribution in [3.63, 3.8) is 0 Å². The molecule has 0 radical (unpaired) electrons. The van der Waals surface area contributed by atoms with Gasteiger partial charge in [0.25, 0.3) is 0 Å². The van der Waals surface area contributed by atoms with E-state index in [1.807, 2.05) is 12.4 Å². The van der Waals surface area contributed by atoms with Crippen LogP contribution in [0.5, 0.6) is 0 Å². The first kappa shape index (κ1) is 11.1. The maximum absolute atomic E-state index is 10.8. The first-order valence-corrected chi connectivity index (χ1v) is 5.83. The monoisotopic (exact) mass is 219 g/mol. The Morgan fingerprint density at radius 1 is 1.25 bits per heavy atom. The molecule has 0 unspecified atom stereocenters. The van der Waals surface area contributed by atoms with E-state index in [1.54, 1.807) is 0 Å². The van der Waals surface area contributed by atoms with E-state index in [9.17, 15) is 4.79 Å². The molecule has 3 nitrogen and oxygen atoms in total. The number of hydrogen-bond donors (Lipinski definition) is 0. The minimum atomic E-state index is -0.160. The van der Waals surface area contributed by atoms with Gasteiger partial charge in [-0.25, -0.2) is 0 Å². The molecule has 0 bridgehead atoms. The van der Waals surface area contributed by atoms with Crippen LogP contribution in [0.1, 0.15) is 44.1 Å². The van der Waals surface area contributed by atoms with Crippen molar-refractivity contribution in [1.82, 2.24) is 4.98 Å². The molecule has 1 aromatic heterocycles. The van der Waals surface area contributed by atoms with Crippen LogP contribution in [-0.2, 0) is 9.53 Å². The van der Waals surface area contributed by atoms with Crippen molar-refractivity contribution < 1.29 is 9.53 Å². The van der Waals surface area contributed by atoms with E-state index in [4.69, 9.17) is 4.74 Å². The quantitative estimate of drug-likeness (QED) is 0.718.